The second-order valence-corrected chi connectivity index (χ2v) is 9.55. The average Bonchev–Trinajstić information content (AvgIpc) is 3.26. The molecule has 2 aromatic rings. The van der Waals surface area contributed by atoms with Crippen molar-refractivity contribution in [1.29, 1.82) is 0 Å². The van der Waals surface area contributed by atoms with Crippen molar-refractivity contribution < 1.29 is 9.59 Å². The Labute approximate surface area is 188 Å². The zero-order valence-corrected chi connectivity index (χ0v) is 19.8. The Bertz CT molecular complexity index is 765. The number of unbranched alkanes of at least 4 members (excludes halogenated alkanes) is 3. The number of hydrogen-bond donors (Lipinski definition) is 2. The Balaban J connectivity index is 1.47. The van der Waals surface area contributed by atoms with Gasteiger partial charge in [0.05, 0.1) is 12.4 Å². The number of hydrogen-bond acceptors (Lipinski definition) is 6. The number of carbonyl (C=O) groups excluding carboxylic acids is 2. The third-order valence-electron chi connectivity index (χ3n) is 3.50. The van der Waals surface area contributed by atoms with Gasteiger partial charge < -0.3 is 0 Å². The summed E-state index contributed by atoms with van der Waals surface area (Å²) in [5.74, 6) is -0.196. The van der Waals surface area contributed by atoms with E-state index in [0.29, 0.717) is 12.8 Å². The van der Waals surface area contributed by atoms with Crippen molar-refractivity contribution in [3.63, 3.8) is 0 Å². The van der Waals surface area contributed by atoms with Gasteiger partial charge in [-0.3, -0.25) is 9.59 Å². The van der Waals surface area contributed by atoms with Gasteiger partial charge >= 0.3 is 0 Å². The predicted molar refractivity (Wildman–Crippen MR) is 123 cm³/mol. The minimum atomic E-state index is -0.0980. The quantitative estimate of drug-likeness (QED) is 0.228. The number of amides is 2. The van der Waals surface area contributed by atoms with Gasteiger partial charge in [0.15, 0.2) is 0 Å². The van der Waals surface area contributed by atoms with Crippen molar-refractivity contribution in [3.8, 4) is 0 Å². The molecule has 2 aromatic heterocycles. The van der Waals surface area contributed by atoms with Gasteiger partial charge in [-0.2, -0.15) is 10.2 Å². The van der Waals surface area contributed by atoms with Gasteiger partial charge in [-0.25, -0.2) is 10.9 Å². The van der Waals surface area contributed by atoms with Crippen LogP contribution in [0.1, 0.15) is 48.3 Å². The van der Waals surface area contributed by atoms with Crippen LogP contribution in [0.2, 0.25) is 0 Å². The molecule has 2 rings (SSSR count). The molecule has 10 heteroatoms. The van der Waals surface area contributed by atoms with E-state index in [1.54, 1.807) is 35.1 Å². The SMILES string of the molecule is O=C(CCCCCCC(=O)N/N=C/c1cc(Br)cs1)N/N=C/c1cc(Br)cs1. The van der Waals surface area contributed by atoms with Gasteiger partial charge in [0, 0.05) is 42.3 Å². The van der Waals surface area contributed by atoms with E-state index in [-0.39, 0.29) is 11.8 Å². The molecule has 2 amide bonds. The summed E-state index contributed by atoms with van der Waals surface area (Å²) in [6.45, 7) is 0. The Morgan fingerprint density at radius 3 is 1.61 bits per heavy atom. The summed E-state index contributed by atoms with van der Waals surface area (Å²) in [4.78, 5) is 25.3. The number of carbonyl (C=O) groups is 2. The van der Waals surface area contributed by atoms with Crippen LogP contribution in [-0.2, 0) is 9.59 Å². The van der Waals surface area contributed by atoms with E-state index in [1.807, 2.05) is 22.9 Å². The topological polar surface area (TPSA) is 82.9 Å². The standard InChI is InChI=1S/C18H20Br2N4O2S2/c19-13-7-15(27-11-13)9-21-23-17(25)5-3-1-2-4-6-18(26)24-22-10-16-8-14(20)12-28-16/h7-12H,1-6H2,(H,23,25)(H,24,26)/b21-9+,22-10+. The molecule has 0 bridgehead atoms. The first-order chi connectivity index (χ1) is 13.5. The fourth-order valence-electron chi connectivity index (χ4n) is 2.16. The van der Waals surface area contributed by atoms with Crippen LogP contribution in [0.25, 0.3) is 0 Å². The second kappa shape index (κ2) is 13.0. The molecule has 6 nitrogen and oxygen atoms in total. The molecule has 0 spiro atoms. The lowest BCUT2D eigenvalue weighted by atomic mass is 10.1. The molecular weight excluding hydrogens is 528 g/mol. The Kier molecular flexibility index (Phi) is 10.6. The highest BCUT2D eigenvalue weighted by molar-refractivity contribution is 9.10. The maximum atomic E-state index is 11.7. The first-order valence-corrected chi connectivity index (χ1v) is 12.0. The Hall–Kier alpha value is -1.36. The molecule has 0 fully saturated rings. The van der Waals surface area contributed by atoms with Gasteiger partial charge in [-0.05, 0) is 56.8 Å². The lowest BCUT2D eigenvalue weighted by molar-refractivity contribution is -0.122. The molecule has 0 aliphatic rings. The normalized spacial score (nSPS) is 11.4. The third kappa shape index (κ3) is 9.72. The maximum Gasteiger partial charge on any atom is 0.240 e. The molecule has 0 aliphatic carbocycles. The number of halogens is 2. The molecular formula is C18H20Br2N4O2S2. The molecule has 28 heavy (non-hydrogen) atoms. The molecule has 0 saturated heterocycles. The van der Waals surface area contributed by atoms with Crippen molar-refractivity contribution in [2.45, 2.75) is 38.5 Å². The van der Waals surface area contributed by atoms with Crippen molar-refractivity contribution in [2.75, 3.05) is 0 Å². The lowest BCUT2D eigenvalue weighted by Gasteiger charge is -2.01. The number of nitrogens with one attached hydrogen (secondary N) is 2. The van der Waals surface area contributed by atoms with E-state index in [4.69, 9.17) is 0 Å². The number of rotatable bonds is 11. The molecule has 0 unspecified atom stereocenters. The lowest BCUT2D eigenvalue weighted by Crippen LogP contribution is -2.17. The van der Waals surface area contributed by atoms with Crippen molar-refractivity contribution in [3.05, 3.63) is 41.6 Å². The predicted octanol–water partition coefficient (Wildman–Crippen LogP) is 5.28. The van der Waals surface area contributed by atoms with Crippen LogP contribution in [0.3, 0.4) is 0 Å². The zero-order chi connectivity index (χ0) is 20.2. The summed E-state index contributed by atoms with van der Waals surface area (Å²) >= 11 is 9.83. The molecule has 2 heterocycles. The van der Waals surface area contributed by atoms with Gasteiger partial charge in [0.25, 0.3) is 0 Å². The van der Waals surface area contributed by atoms with Crippen LogP contribution >= 0.6 is 54.5 Å². The first-order valence-electron chi connectivity index (χ1n) is 8.65. The fraction of sp³-hybridized carbons (Fsp3) is 0.333. The molecule has 2 N–H and O–H groups in total. The smallest absolute Gasteiger partial charge is 0.240 e. The van der Waals surface area contributed by atoms with Crippen LogP contribution in [0.4, 0.5) is 0 Å². The summed E-state index contributed by atoms with van der Waals surface area (Å²) in [6, 6.07) is 3.87. The van der Waals surface area contributed by atoms with Crippen molar-refractivity contribution >= 4 is 78.8 Å². The number of nitrogens with zero attached hydrogens (tertiary/aromatic N) is 2. The second-order valence-electron chi connectivity index (χ2n) is 5.84. The molecule has 150 valence electrons. The van der Waals surface area contributed by atoms with Crippen LogP contribution in [0.15, 0.2) is 42.0 Å². The van der Waals surface area contributed by atoms with E-state index < -0.39 is 0 Å². The van der Waals surface area contributed by atoms with Crippen LogP contribution in [0, 0.1) is 0 Å². The van der Waals surface area contributed by atoms with E-state index in [9.17, 15) is 9.59 Å². The minimum Gasteiger partial charge on any atom is -0.273 e. The van der Waals surface area contributed by atoms with Crippen molar-refractivity contribution in [1.82, 2.24) is 10.9 Å². The highest BCUT2D eigenvalue weighted by atomic mass is 79.9. The minimum absolute atomic E-state index is 0.0980. The van der Waals surface area contributed by atoms with Gasteiger partial charge in [-0.1, -0.05) is 12.8 Å². The highest BCUT2D eigenvalue weighted by Gasteiger charge is 2.02. The van der Waals surface area contributed by atoms with Gasteiger partial charge in [0.2, 0.25) is 11.8 Å². The molecule has 0 aromatic carbocycles. The molecule has 0 radical (unpaired) electrons. The highest BCUT2D eigenvalue weighted by Crippen LogP contribution is 2.18. The van der Waals surface area contributed by atoms with Gasteiger partial charge in [0.1, 0.15) is 0 Å². The van der Waals surface area contributed by atoms with E-state index >= 15 is 0 Å². The summed E-state index contributed by atoms with van der Waals surface area (Å²) in [5, 5.41) is 11.8. The van der Waals surface area contributed by atoms with Gasteiger partial charge in [-0.15, -0.1) is 22.7 Å². The number of thiophene rings is 2. The Morgan fingerprint density at radius 1 is 0.821 bits per heavy atom. The number of hydrazone groups is 2. The van der Waals surface area contributed by atoms with E-state index in [0.717, 1.165) is 44.4 Å². The summed E-state index contributed by atoms with van der Waals surface area (Å²) in [6.07, 6.45) is 7.47. The molecule has 0 saturated carbocycles. The zero-order valence-electron chi connectivity index (χ0n) is 15.0. The largest absolute Gasteiger partial charge is 0.273 e. The summed E-state index contributed by atoms with van der Waals surface area (Å²) < 4.78 is 2.00. The third-order valence-corrected chi connectivity index (χ3v) is 6.75. The summed E-state index contributed by atoms with van der Waals surface area (Å²) in [7, 11) is 0. The summed E-state index contributed by atoms with van der Waals surface area (Å²) in [5.41, 5.74) is 5.05. The maximum absolute atomic E-state index is 11.7. The van der Waals surface area contributed by atoms with Crippen LogP contribution < -0.4 is 10.9 Å². The monoisotopic (exact) mass is 546 g/mol. The first kappa shape index (κ1) is 22.9. The fourth-order valence-corrected chi connectivity index (χ4v) is 4.77. The van der Waals surface area contributed by atoms with Crippen LogP contribution in [-0.4, -0.2) is 24.2 Å². The Morgan fingerprint density at radius 2 is 1.25 bits per heavy atom. The van der Waals surface area contributed by atoms with E-state index in [1.165, 1.54) is 0 Å². The van der Waals surface area contributed by atoms with Crippen molar-refractivity contribution in [2.24, 2.45) is 10.2 Å². The molecule has 0 aliphatic heterocycles. The molecule has 0 atom stereocenters. The average molecular weight is 548 g/mol. The van der Waals surface area contributed by atoms with E-state index in [2.05, 4.69) is 52.9 Å². The van der Waals surface area contributed by atoms with Crippen LogP contribution in [0.5, 0.6) is 0 Å².